The van der Waals surface area contributed by atoms with Crippen molar-refractivity contribution in [3.05, 3.63) is 0 Å². The summed E-state index contributed by atoms with van der Waals surface area (Å²) in [6, 6.07) is 0. The fraction of sp³-hybridized carbons (Fsp3) is 0.700. The zero-order valence-electron chi connectivity index (χ0n) is 9.39. The molecule has 0 bridgehead atoms. The lowest BCUT2D eigenvalue weighted by Crippen LogP contribution is -2.25. The number of Topliss-reactive ketones (excluding diaryl/α,β-unsaturated/α-hetero) is 1. The number of oxime groups is 1. The van der Waals surface area contributed by atoms with Crippen molar-refractivity contribution in [3.63, 3.8) is 0 Å². The summed E-state index contributed by atoms with van der Waals surface area (Å²) in [5.41, 5.74) is -0.265. The van der Waals surface area contributed by atoms with Gasteiger partial charge in [0.15, 0.2) is 5.78 Å². The van der Waals surface area contributed by atoms with Crippen LogP contribution in [0.1, 0.15) is 20.3 Å². The Morgan fingerprint density at radius 2 is 2.25 bits per heavy atom. The number of carbonyl (C=O) groups is 2. The van der Waals surface area contributed by atoms with Crippen LogP contribution in [0, 0.1) is 0 Å². The zero-order valence-corrected chi connectivity index (χ0v) is 10.2. The minimum absolute atomic E-state index is 0.00576. The molecule has 16 heavy (non-hydrogen) atoms. The fourth-order valence-corrected chi connectivity index (χ4v) is 2.25. The number of nitrogens with zero attached hydrogens (tertiary/aromatic N) is 1. The van der Waals surface area contributed by atoms with E-state index in [2.05, 4.69) is 5.16 Å². The molecule has 0 aromatic heterocycles. The first-order valence-corrected chi connectivity index (χ1v) is 6.30. The fourth-order valence-electron chi connectivity index (χ4n) is 1.17. The van der Waals surface area contributed by atoms with Gasteiger partial charge in [-0.05, 0) is 19.1 Å². The molecule has 1 heterocycles. The molecule has 0 radical (unpaired) electrons. The molecule has 0 spiro atoms. The predicted octanol–water partition coefficient (Wildman–Crippen LogP) is 1.02. The summed E-state index contributed by atoms with van der Waals surface area (Å²) in [4.78, 5) is 27.6. The summed E-state index contributed by atoms with van der Waals surface area (Å²) in [6.07, 6.45) is 0.885. The van der Waals surface area contributed by atoms with Crippen molar-refractivity contribution in [2.75, 3.05) is 18.1 Å². The van der Waals surface area contributed by atoms with E-state index >= 15 is 0 Å². The van der Waals surface area contributed by atoms with Crippen LogP contribution in [0.2, 0.25) is 0 Å². The normalized spacial score (nSPS) is 20.6. The number of rotatable bonds is 5. The highest BCUT2D eigenvalue weighted by molar-refractivity contribution is 7.99. The van der Waals surface area contributed by atoms with Crippen LogP contribution >= 0.6 is 11.8 Å². The van der Waals surface area contributed by atoms with Crippen LogP contribution in [0.15, 0.2) is 5.16 Å². The van der Waals surface area contributed by atoms with E-state index in [1.54, 1.807) is 18.7 Å². The molecular formula is C10H15NO4S. The number of thioether (sulfide) groups is 1. The first-order chi connectivity index (χ1) is 7.65. The molecular weight excluding hydrogens is 230 g/mol. The van der Waals surface area contributed by atoms with Gasteiger partial charge in [0.1, 0.15) is 6.10 Å². The lowest BCUT2D eigenvalue weighted by molar-refractivity contribution is -0.136. The molecule has 1 fully saturated rings. The molecule has 1 atom stereocenters. The van der Waals surface area contributed by atoms with Crippen molar-refractivity contribution in [1.29, 1.82) is 0 Å². The van der Waals surface area contributed by atoms with Crippen LogP contribution in [-0.4, -0.2) is 41.7 Å². The quantitative estimate of drug-likeness (QED) is 0.313. The van der Waals surface area contributed by atoms with Gasteiger partial charge in [-0.2, -0.15) is 11.8 Å². The second-order valence-electron chi connectivity index (χ2n) is 3.31. The molecule has 1 unspecified atom stereocenters. The van der Waals surface area contributed by atoms with Crippen LogP contribution in [0.4, 0.5) is 0 Å². The second kappa shape index (κ2) is 6.52. The van der Waals surface area contributed by atoms with Gasteiger partial charge >= 0.3 is 5.97 Å². The lowest BCUT2D eigenvalue weighted by Gasteiger charge is -2.07. The highest BCUT2D eigenvalue weighted by Gasteiger charge is 2.21. The molecule has 1 aliphatic heterocycles. The van der Waals surface area contributed by atoms with Gasteiger partial charge in [0.2, 0.25) is 5.71 Å². The van der Waals surface area contributed by atoms with E-state index in [-0.39, 0.29) is 18.4 Å². The first-order valence-electron chi connectivity index (χ1n) is 5.14. The third kappa shape index (κ3) is 3.84. The molecule has 0 aromatic carbocycles. The molecule has 1 rings (SSSR count). The maximum Gasteiger partial charge on any atom is 0.364 e. The topological polar surface area (TPSA) is 65.0 Å². The molecule has 0 aromatic rings. The Hall–Kier alpha value is -1.04. The van der Waals surface area contributed by atoms with Gasteiger partial charge in [0, 0.05) is 12.7 Å². The SMILES string of the molecule is CCOC(=O)/C(=N\OC1CCSC1)C(C)=O. The van der Waals surface area contributed by atoms with Gasteiger partial charge in [0.05, 0.1) is 6.61 Å². The van der Waals surface area contributed by atoms with E-state index in [4.69, 9.17) is 9.57 Å². The number of esters is 1. The Morgan fingerprint density at radius 3 is 2.75 bits per heavy atom. The van der Waals surface area contributed by atoms with Gasteiger partial charge in [-0.15, -0.1) is 0 Å². The molecule has 0 amide bonds. The molecule has 1 aliphatic rings. The molecule has 1 saturated heterocycles. The number of ketones is 1. The van der Waals surface area contributed by atoms with Crippen molar-refractivity contribution in [2.45, 2.75) is 26.4 Å². The highest BCUT2D eigenvalue weighted by Crippen LogP contribution is 2.20. The minimum atomic E-state index is -0.722. The molecule has 6 heteroatoms. The van der Waals surface area contributed by atoms with Crippen LogP contribution in [0.5, 0.6) is 0 Å². The first kappa shape index (κ1) is 13.0. The average molecular weight is 245 g/mol. The van der Waals surface area contributed by atoms with Crippen LogP contribution < -0.4 is 0 Å². The van der Waals surface area contributed by atoms with Gasteiger partial charge in [-0.25, -0.2) is 4.79 Å². The van der Waals surface area contributed by atoms with Crippen molar-refractivity contribution in [1.82, 2.24) is 0 Å². The standard InChI is InChI=1S/C10H15NO4S/c1-3-14-10(13)9(7(2)12)11-15-8-4-5-16-6-8/h8H,3-6H2,1-2H3/b11-9-. The third-order valence-electron chi connectivity index (χ3n) is 1.98. The van der Waals surface area contributed by atoms with E-state index in [0.717, 1.165) is 17.9 Å². The Labute approximate surface area is 98.5 Å². The molecule has 0 aliphatic carbocycles. The van der Waals surface area contributed by atoms with Crippen molar-refractivity contribution >= 4 is 29.2 Å². The van der Waals surface area contributed by atoms with Crippen LogP contribution in [-0.2, 0) is 19.2 Å². The van der Waals surface area contributed by atoms with E-state index in [0.29, 0.717) is 0 Å². The summed E-state index contributed by atoms with van der Waals surface area (Å²) >= 11 is 1.77. The number of ether oxygens (including phenoxy) is 1. The van der Waals surface area contributed by atoms with Gasteiger partial charge in [0.25, 0.3) is 0 Å². The predicted molar refractivity (Wildman–Crippen MR) is 61.6 cm³/mol. The Kier molecular flexibility index (Phi) is 5.31. The summed E-state index contributed by atoms with van der Waals surface area (Å²) in [6.45, 7) is 3.15. The summed E-state index contributed by atoms with van der Waals surface area (Å²) < 4.78 is 4.70. The summed E-state index contributed by atoms with van der Waals surface area (Å²) in [5, 5.41) is 3.60. The van der Waals surface area contributed by atoms with Crippen molar-refractivity contribution < 1.29 is 19.2 Å². The monoisotopic (exact) mass is 245 g/mol. The molecule has 5 nitrogen and oxygen atoms in total. The molecule has 0 saturated carbocycles. The molecule has 90 valence electrons. The summed E-state index contributed by atoms with van der Waals surface area (Å²) in [7, 11) is 0. The maximum absolute atomic E-state index is 11.3. The lowest BCUT2D eigenvalue weighted by atomic mass is 10.3. The largest absolute Gasteiger partial charge is 0.461 e. The smallest absolute Gasteiger partial charge is 0.364 e. The zero-order chi connectivity index (χ0) is 12.0. The third-order valence-corrected chi connectivity index (χ3v) is 3.12. The Balaban J connectivity index is 2.57. The van der Waals surface area contributed by atoms with Crippen molar-refractivity contribution in [3.8, 4) is 0 Å². The van der Waals surface area contributed by atoms with Gasteiger partial charge < -0.3 is 9.57 Å². The van der Waals surface area contributed by atoms with E-state index in [1.165, 1.54) is 6.92 Å². The van der Waals surface area contributed by atoms with Crippen LogP contribution in [0.25, 0.3) is 0 Å². The maximum atomic E-state index is 11.3. The molecule has 0 N–H and O–H groups in total. The van der Waals surface area contributed by atoms with Crippen LogP contribution in [0.3, 0.4) is 0 Å². The minimum Gasteiger partial charge on any atom is -0.461 e. The number of carbonyl (C=O) groups excluding carboxylic acids is 2. The van der Waals surface area contributed by atoms with Gasteiger partial charge in [-0.1, -0.05) is 5.16 Å². The van der Waals surface area contributed by atoms with E-state index in [1.807, 2.05) is 0 Å². The number of hydrogen-bond acceptors (Lipinski definition) is 6. The van der Waals surface area contributed by atoms with E-state index < -0.39 is 11.8 Å². The summed E-state index contributed by atoms with van der Waals surface area (Å²) in [5.74, 6) is 0.705. The second-order valence-corrected chi connectivity index (χ2v) is 4.46. The Morgan fingerprint density at radius 1 is 1.50 bits per heavy atom. The highest BCUT2D eigenvalue weighted by atomic mass is 32.2. The van der Waals surface area contributed by atoms with Gasteiger partial charge in [-0.3, -0.25) is 4.79 Å². The Bertz CT molecular complexity index is 297. The van der Waals surface area contributed by atoms with E-state index in [9.17, 15) is 9.59 Å². The number of hydrogen-bond donors (Lipinski definition) is 0. The van der Waals surface area contributed by atoms with Crippen molar-refractivity contribution in [2.24, 2.45) is 5.16 Å². The average Bonchev–Trinajstić information content (AvgIpc) is 2.70.